The number of halogens is 3. The van der Waals surface area contributed by atoms with Gasteiger partial charge in [0.2, 0.25) is 0 Å². The summed E-state index contributed by atoms with van der Waals surface area (Å²) in [6.07, 6.45) is 1.60. The predicted molar refractivity (Wildman–Crippen MR) is 136 cm³/mol. The molecule has 4 rings (SSSR count). The molecule has 5 nitrogen and oxygen atoms in total. The lowest BCUT2D eigenvalue weighted by Gasteiger charge is -2.14. The number of rotatable bonds is 8. The van der Waals surface area contributed by atoms with E-state index in [9.17, 15) is 14.0 Å². The number of carbonyl (C=O) groups excluding carboxylic acids is 2. The Labute approximate surface area is 216 Å². The fraction of sp³-hybridized carbons (Fsp3) is 0.154. The van der Waals surface area contributed by atoms with Crippen LogP contribution in [0.4, 0.5) is 9.18 Å². The van der Waals surface area contributed by atoms with E-state index in [4.69, 9.17) is 32.7 Å². The molecule has 35 heavy (non-hydrogen) atoms. The Kier molecular flexibility index (Phi) is 8.00. The van der Waals surface area contributed by atoms with Crippen LogP contribution in [0.15, 0.2) is 65.6 Å². The van der Waals surface area contributed by atoms with Gasteiger partial charge in [-0.3, -0.25) is 14.5 Å². The Morgan fingerprint density at radius 2 is 1.77 bits per heavy atom. The van der Waals surface area contributed by atoms with Crippen molar-refractivity contribution in [1.82, 2.24) is 4.90 Å². The lowest BCUT2D eigenvalue weighted by molar-refractivity contribution is -0.123. The second kappa shape index (κ2) is 11.2. The number of benzene rings is 3. The monoisotopic (exact) mass is 531 g/mol. The van der Waals surface area contributed by atoms with Crippen LogP contribution < -0.4 is 9.47 Å². The van der Waals surface area contributed by atoms with Gasteiger partial charge in [-0.2, -0.15) is 0 Å². The number of hydrogen-bond donors (Lipinski definition) is 0. The van der Waals surface area contributed by atoms with Crippen LogP contribution in [0.1, 0.15) is 23.6 Å². The number of thioether (sulfide) groups is 1. The van der Waals surface area contributed by atoms with Gasteiger partial charge in [-0.05, 0) is 72.3 Å². The maximum Gasteiger partial charge on any atom is 0.293 e. The van der Waals surface area contributed by atoms with Crippen molar-refractivity contribution in [2.75, 3.05) is 6.61 Å². The first-order valence-electron chi connectivity index (χ1n) is 10.7. The summed E-state index contributed by atoms with van der Waals surface area (Å²) in [6, 6.07) is 16.8. The molecule has 1 saturated heterocycles. The second-order valence-electron chi connectivity index (χ2n) is 7.52. The molecular formula is C26H20Cl2FNO4S. The van der Waals surface area contributed by atoms with Crippen molar-refractivity contribution >= 4 is 52.2 Å². The maximum atomic E-state index is 14.2. The van der Waals surface area contributed by atoms with Crippen molar-refractivity contribution in [3.05, 3.63) is 98.1 Å². The van der Waals surface area contributed by atoms with Crippen LogP contribution in [-0.4, -0.2) is 22.7 Å². The minimum Gasteiger partial charge on any atom is -0.490 e. The molecule has 1 aliphatic heterocycles. The highest BCUT2D eigenvalue weighted by atomic mass is 35.5. The maximum absolute atomic E-state index is 14.2. The van der Waals surface area contributed by atoms with Gasteiger partial charge in [0, 0.05) is 15.6 Å². The smallest absolute Gasteiger partial charge is 0.293 e. The molecule has 0 aliphatic carbocycles. The summed E-state index contributed by atoms with van der Waals surface area (Å²) < 4.78 is 25.8. The third-order valence-electron chi connectivity index (χ3n) is 5.12. The Hall–Kier alpha value is -3.00. The van der Waals surface area contributed by atoms with Crippen molar-refractivity contribution in [3.63, 3.8) is 0 Å². The van der Waals surface area contributed by atoms with Gasteiger partial charge in [-0.25, -0.2) is 4.39 Å². The third-order valence-corrected chi connectivity index (χ3v) is 6.64. The first-order valence-corrected chi connectivity index (χ1v) is 12.2. The van der Waals surface area contributed by atoms with Crippen LogP contribution in [0, 0.1) is 5.82 Å². The predicted octanol–water partition coefficient (Wildman–Crippen LogP) is 7.35. The number of carbonyl (C=O) groups is 2. The number of imide groups is 1. The van der Waals surface area contributed by atoms with Crippen molar-refractivity contribution in [2.24, 2.45) is 0 Å². The highest BCUT2D eigenvalue weighted by Crippen LogP contribution is 2.36. The molecule has 1 aliphatic rings. The summed E-state index contributed by atoms with van der Waals surface area (Å²) >= 11 is 12.8. The summed E-state index contributed by atoms with van der Waals surface area (Å²) in [5.74, 6) is -0.0368. The standard InChI is InChI=1S/C26H20Cl2FNO4S/c1-2-33-23-12-17(8-11-22(23)34-15-16-6-9-18(27)10-7-16)13-24-25(31)30(26(32)35-24)14-19-20(28)4-3-5-21(19)29/h3-13H,2,14-15H2,1H3/b24-13+. The Bertz CT molecular complexity index is 1280. The lowest BCUT2D eigenvalue weighted by Crippen LogP contribution is -2.28. The second-order valence-corrected chi connectivity index (χ2v) is 9.36. The molecule has 1 fully saturated rings. The molecule has 0 radical (unpaired) electrons. The zero-order valence-electron chi connectivity index (χ0n) is 18.6. The highest BCUT2D eigenvalue weighted by molar-refractivity contribution is 8.18. The van der Waals surface area contributed by atoms with E-state index < -0.39 is 17.0 Å². The largest absolute Gasteiger partial charge is 0.490 e. The first kappa shape index (κ1) is 25.1. The van der Waals surface area contributed by atoms with Crippen molar-refractivity contribution in [2.45, 2.75) is 20.1 Å². The van der Waals surface area contributed by atoms with E-state index in [0.29, 0.717) is 35.3 Å². The van der Waals surface area contributed by atoms with Crippen LogP contribution in [0.5, 0.6) is 11.5 Å². The molecule has 1 heterocycles. The van der Waals surface area contributed by atoms with Gasteiger partial charge < -0.3 is 9.47 Å². The quantitative estimate of drug-likeness (QED) is 0.284. The zero-order chi connectivity index (χ0) is 24.9. The third kappa shape index (κ3) is 5.99. The van der Waals surface area contributed by atoms with Gasteiger partial charge in [0.25, 0.3) is 11.1 Å². The number of ether oxygens (including phenoxy) is 2. The fourth-order valence-corrected chi connectivity index (χ4v) is 4.56. The number of amides is 2. The molecule has 0 bridgehead atoms. The van der Waals surface area contributed by atoms with Gasteiger partial charge in [0.15, 0.2) is 11.5 Å². The molecular weight excluding hydrogens is 512 g/mol. The molecule has 0 unspecified atom stereocenters. The Balaban J connectivity index is 1.52. The zero-order valence-corrected chi connectivity index (χ0v) is 20.9. The van der Waals surface area contributed by atoms with E-state index in [1.165, 1.54) is 18.2 Å². The average molecular weight is 532 g/mol. The van der Waals surface area contributed by atoms with E-state index in [1.807, 2.05) is 19.1 Å². The Morgan fingerprint density at radius 3 is 2.49 bits per heavy atom. The minimum atomic E-state index is -0.573. The van der Waals surface area contributed by atoms with Crippen LogP contribution >= 0.6 is 35.0 Å². The molecule has 9 heteroatoms. The lowest BCUT2D eigenvalue weighted by atomic mass is 10.1. The van der Waals surface area contributed by atoms with Gasteiger partial charge in [0.05, 0.1) is 18.1 Å². The van der Waals surface area contributed by atoms with Gasteiger partial charge in [-0.15, -0.1) is 0 Å². The molecule has 0 aromatic heterocycles. The van der Waals surface area contributed by atoms with E-state index in [2.05, 4.69) is 0 Å². The van der Waals surface area contributed by atoms with Crippen LogP contribution in [-0.2, 0) is 17.9 Å². The summed E-state index contributed by atoms with van der Waals surface area (Å²) in [5, 5.41) is 0.312. The average Bonchev–Trinajstić information content (AvgIpc) is 3.09. The number of nitrogens with zero attached hydrogens (tertiary/aromatic N) is 1. The van der Waals surface area contributed by atoms with Crippen LogP contribution in [0.3, 0.4) is 0 Å². The van der Waals surface area contributed by atoms with Crippen molar-refractivity contribution in [3.8, 4) is 11.5 Å². The number of hydrogen-bond acceptors (Lipinski definition) is 5. The van der Waals surface area contributed by atoms with E-state index in [1.54, 1.807) is 36.4 Å². The Morgan fingerprint density at radius 1 is 1.00 bits per heavy atom. The molecule has 0 atom stereocenters. The van der Waals surface area contributed by atoms with Gasteiger partial charge in [0.1, 0.15) is 12.4 Å². The minimum absolute atomic E-state index is 0.0959. The van der Waals surface area contributed by atoms with Gasteiger partial charge >= 0.3 is 0 Å². The van der Waals surface area contributed by atoms with Gasteiger partial charge in [-0.1, -0.05) is 47.5 Å². The fourth-order valence-electron chi connectivity index (χ4n) is 3.37. The molecule has 0 N–H and O–H groups in total. The summed E-state index contributed by atoms with van der Waals surface area (Å²) in [7, 11) is 0. The summed E-state index contributed by atoms with van der Waals surface area (Å²) in [4.78, 5) is 26.6. The van der Waals surface area contributed by atoms with Crippen LogP contribution in [0.2, 0.25) is 10.0 Å². The van der Waals surface area contributed by atoms with E-state index in [-0.39, 0.29) is 22.0 Å². The van der Waals surface area contributed by atoms with E-state index in [0.717, 1.165) is 22.2 Å². The topological polar surface area (TPSA) is 55.8 Å². The SMILES string of the molecule is CCOc1cc(/C=C2/SC(=O)N(Cc3c(F)cccc3Cl)C2=O)ccc1OCc1ccc(Cl)cc1. The summed E-state index contributed by atoms with van der Waals surface area (Å²) in [5.41, 5.74) is 1.70. The molecule has 0 saturated carbocycles. The highest BCUT2D eigenvalue weighted by Gasteiger charge is 2.36. The normalized spacial score (nSPS) is 14.6. The molecule has 3 aromatic rings. The van der Waals surface area contributed by atoms with Crippen molar-refractivity contribution in [1.29, 1.82) is 0 Å². The van der Waals surface area contributed by atoms with Crippen molar-refractivity contribution < 1.29 is 23.5 Å². The first-order chi connectivity index (χ1) is 16.9. The summed E-state index contributed by atoms with van der Waals surface area (Å²) in [6.45, 7) is 2.36. The van der Waals surface area contributed by atoms with Crippen LogP contribution in [0.25, 0.3) is 6.08 Å². The van der Waals surface area contributed by atoms with E-state index >= 15 is 0 Å². The molecule has 2 amide bonds. The molecule has 0 spiro atoms. The molecule has 180 valence electrons. The molecule has 3 aromatic carbocycles.